The van der Waals surface area contributed by atoms with E-state index in [-0.39, 0.29) is 4.75 Å². The molecule has 1 nitrogen and oxygen atoms in total. The highest BCUT2D eigenvalue weighted by Gasteiger charge is 2.39. The first kappa shape index (κ1) is 13.1. The van der Waals surface area contributed by atoms with Gasteiger partial charge < -0.3 is 0 Å². The van der Waals surface area contributed by atoms with Crippen LogP contribution in [-0.4, -0.2) is 16.3 Å². The van der Waals surface area contributed by atoms with Gasteiger partial charge in [0.1, 0.15) is 0 Å². The molecule has 1 heterocycles. The van der Waals surface area contributed by atoms with Crippen LogP contribution in [0.1, 0.15) is 59.3 Å². The minimum Gasteiger partial charge on any atom is -0.298 e. The molecule has 2 unspecified atom stereocenters. The number of thioether (sulfide) groups is 1. The van der Waals surface area contributed by atoms with E-state index in [2.05, 4.69) is 20.8 Å². The molecule has 1 aliphatic heterocycles. The molecule has 0 spiro atoms. The van der Waals surface area contributed by atoms with Crippen LogP contribution in [0.25, 0.3) is 0 Å². The summed E-state index contributed by atoms with van der Waals surface area (Å²) in [5.41, 5.74) is 0. The Bertz CT molecular complexity index is 207. The maximum absolute atomic E-state index is 12.4. The van der Waals surface area contributed by atoms with Crippen molar-refractivity contribution in [2.75, 3.05) is 5.75 Å². The van der Waals surface area contributed by atoms with E-state index in [1.165, 1.54) is 25.0 Å². The average Bonchev–Trinajstić information content (AvgIpc) is 2.67. The van der Waals surface area contributed by atoms with Gasteiger partial charge in [-0.1, -0.05) is 26.7 Å². The van der Waals surface area contributed by atoms with E-state index in [0.29, 0.717) is 11.7 Å². The lowest BCUT2D eigenvalue weighted by Gasteiger charge is -2.26. The number of hydrogen-bond donors (Lipinski definition) is 0. The van der Waals surface area contributed by atoms with Crippen LogP contribution >= 0.6 is 11.8 Å². The van der Waals surface area contributed by atoms with Gasteiger partial charge in [-0.15, -0.1) is 11.8 Å². The monoisotopic (exact) mass is 228 g/mol. The molecule has 0 radical (unpaired) electrons. The molecule has 0 amide bonds. The highest BCUT2D eigenvalue weighted by Crippen LogP contribution is 2.41. The number of ketones is 1. The topological polar surface area (TPSA) is 17.1 Å². The van der Waals surface area contributed by atoms with Crippen LogP contribution in [0.15, 0.2) is 0 Å². The minimum atomic E-state index is -0.0472. The number of hydrogen-bond acceptors (Lipinski definition) is 2. The first-order chi connectivity index (χ1) is 7.14. The number of unbranched alkanes of at least 4 members (excludes halogenated alkanes) is 1. The molecular weight excluding hydrogens is 204 g/mol. The van der Waals surface area contributed by atoms with E-state index in [9.17, 15) is 4.79 Å². The first-order valence-electron chi connectivity index (χ1n) is 6.32. The maximum Gasteiger partial charge on any atom is 0.151 e. The SMILES string of the molecule is CCCCC(CC)C(=O)C1(C)CCCS1. The molecule has 0 bridgehead atoms. The summed E-state index contributed by atoms with van der Waals surface area (Å²) in [6.07, 6.45) is 6.84. The van der Waals surface area contributed by atoms with Crippen molar-refractivity contribution in [3.05, 3.63) is 0 Å². The second-order valence-electron chi connectivity index (χ2n) is 4.79. The Kier molecular flexibility index (Phi) is 5.17. The summed E-state index contributed by atoms with van der Waals surface area (Å²) in [6, 6.07) is 0. The van der Waals surface area contributed by atoms with Crippen LogP contribution in [0, 0.1) is 5.92 Å². The van der Waals surface area contributed by atoms with Gasteiger partial charge in [-0.3, -0.25) is 4.79 Å². The average molecular weight is 228 g/mol. The minimum absolute atomic E-state index is 0.0472. The van der Waals surface area contributed by atoms with E-state index < -0.39 is 0 Å². The van der Waals surface area contributed by atoms with Gasteiger partial charge in [0, 0.05) is 5.92 Å². The second kappa shape index (κ2) is 5.93. The second-order valence-corrected chi connectivity index (χ2v) is 6.39. The number of Topliss-reactive ketones (excluding diaryl/α,β-unsaturated/α-hetero) is 1. The molecule has 88 valence electrons. The zero-order chi connectivity index (χ0) is 11.3. The van der Waals surface area contributed by atoms with Gasteiger partial charge in [0.15, 0.2) is 5.78 Å². The van der Waals surface area contributed by atoms with Crippen molar-refractivity contribution in [2.45, 2.75) is 64.0 Å². The molecular formula is C13H24OS. The summed E-state index contributed by atoms with van der Waals surface area (Å²) >= 11 is 1.88. The number of rotatable bonds is 6. The van der Waals surface area contributed by atoms with Crippen molar-refractivity contribution in [1.82, 2.24) is 0 Å². The van der Waals surface area contributed by atoms with Crippen LogP contribution < -0.4 is 0 Å². The van der Waals surface area contributed by atoms with Crippen molar-refractivity contribution in [1.29, 1.82) is 0 Å². The molecule has 0 N–H and O–H groups in total. The zero-order valence-electron chi connectivity index (χ0n) is 10.3. The molecule has 0 aliphatic carbocycles. The normalized spacial score (nSPS) is 27.9. The Hall–Kier alpha value is 0.0200. The summed E-state index contributed by atoms with van der Waals surface area (Å²) < 4.78 is -0.0472. The molecule has 1 rings (SSSR count). The third-order valence-corrected chi connectivity index (χ3v) is 5.05. The van der Waals surface area contributed by atoms with Crippen LogP contribution in [0.5, 0.6) is 0 Å². The summed E-state index contributed by atoms with van der Waals surface area (Å²) in [7, 11) is 0. The molecule has 0 aromatic heterocycles. The van der Waals surface area contributed by atoms with Gasteiger partial charge in [0.25, 0.3) is 0 Å². The summed E-state index contributed by atoms with van der Waals surface area (Å²) in [5, 5.41) is 0. The molecule has 1 aliphatic rings. The van der Waals surface area contributed by atoms with Crippen molar-refractivity contribution < 1.29 is 4.79 Å². The van der Waals surface area contributed by atoms with Gasteiger partial charge in [0.05, 0.1) is 4.75 Å². The Morgan fingerprint density at radius 2 is 2.20 bits per heavy atom. The number of carbonyl (C=O) groups is 1. The summed E-state index contributed by atoms with van der Waals surface area (Å²) in [6.45, 7) is 6.51. The van der Waals surface area contributed by atoms with Crippen LogP contribution in [0.2, 0.25) is 0 Å². The Morgan fingerprint density at radius 1 is 1.47 bits per heavy atom. The summed E-state index contributed by atoms with van der Waals surface area (Å²) in [4.78, 5) is 12.4. The van der Waals surface area contributed by atoms with Crippen molar-refractivity contribution in [3.8, 4) is 0 Å². The first-order valence-corrected chi connectivity index (χ1v) is 7.31. The Morgan fingerprint density at radius 3 is 2.67 bits per heavy atom. The van der Waals surface area contributed by atoms with Gasteiger partial charge in [-0.2, -0.15) is 0 Å². The summed E-state index contributed by atoms with van der Waals surface area (Å²) in [5.74, 6) is 2.02. The van der Waals surface area contributed by atoms with Crippen molar-refractivity contribution in [2.24, 2.45) is 5.92 Å². The van der Waals surface area contributed by atoms with Gasteiger partial charge in [-0.25, -0.2) is 0 Å². The predicted molar refractivity (Wildman–Crippen MR) is 68.4 cm³/mol. The molecule has 2 heteroatoms. The quantitative estimate of drug-likeness (QED) is 0.682. The molecule has 0 aromatic rings. The Balaban J connectivity index is 2.55. The van der Waals surface area contributed by atoms with Crippen LogP contribution in [0.3, 0.4) is 0 Å². The third kappa shape index (κ3) is 3.24. The lowest BCUT2D eigenvalue weighted by Crippen LogP contribution is -2.34. The highest BCUT2D eigenvalue weighted by atomic mass is 32.2. The van der Waals surface area contributed by atoms with Crippen molar-refractivity contribution in [3.63, 3.8) is 0 Å². The lowest BCUT2D eigenvalue weighted by atomic mass is 9.85. The standard InChI is InChI=1S/C13H24OS/c1-4-6-8-11(5-2)12(14)13(3)9-7-10-15-13/h11H,4-10H2,1-3H3. The molecule has 15 heavy (non-hydrogen) atoms. The van der Waals surface area contributed by atoms with E-state index in [0.717, 1.165) is 19.3 Å². The van der Waals surface area contributed by atoms with Gasteiger partial charge in [-0.05, 0) is 38.4 Å². The predicted octanol–water partition coefficient (Wildman–Crippen LogP) is 4.06. The van der Waals surface area contributed by atoms with E-state index in [4.69, 9.17) is 0 Å². The fourth-order valence-corrected chi connectivity index (χ4v) is 3.71. The molecule has 1 saturated heterocycles. The van der Waals surface area contributed by atoms with E-state index in [1.807, 2.05) is 11.8 Å². The molecule has 0 aromatic carbocycles. The fraction of sp³-hybridized carbons (Fsp3) is 0.923. The number of carbonyl (C=O) groups excluding carboxylic acids is 1. The van der Waals surface area contributed by atoms with E-state index in [1.54, 1.807) is 0 Å². The highest BCUT2D eigenvalue weighted by molar-refractivity contribution is 8.01. The Labute approximate surface area is 98.4 Å². The van der Waals surface area contributed by atoms with Gasteiger partial charge >= 0.3 is 0 Å². The molecule has 2 atom stereocenters. The lowest BCUT2D eigenvalue weighted by molar-refractivity contribution is -0.125. The van der Waals surface area contributed by atoms with Crippen molar-refractivity contribution >= 4 is 17.5 Å². The van der Waals surface area contributed by atoms with Crippen LogP contribution in [0.4, 0.5) is 0 Å². The van der Waals surface area contributed by atoms with E-state index >= 15 is 0 Å². The zero-order valence-corrected chi connectivity index (χ0v) is 11.2. The molecule has 1 fully saturated rings. The third-order valence-electron chi connectivity index (χ3n) is 3.51. The molecule has 0 saturated carbocycles. The van der Waals surface area contributed by atoms with Crippen LogP contribution in [-0.2, 0) is 4.79 Å². The largest absolute Gasteiger partial charge is 0.298 e. The van der Waals surface area contributed by atoms with Gasteiger partial charge in [0.2, 0.25) is 0 Å². The smallest absolute Gasteiger partial charge is 0.151 e. The maximum atomic E-state index is 12.4. The fourth-order valence-electron chi connectivity index (χ4n) is 2.38.